The largest absolute Gasteiger partial charge is 0.490 e. The van der Waals surface area contributed by atoms with Gasteiger partial charge in [0.05, 0.1) is 17.4 Å². The minimum Gasteiger partial charge on any atom is -0.475 e. The van der Waals surface area contributed by atoms with Gasteiger partial charge in [0.15, 0.2) is 0 Å². The Kier molecular flexibility index (Phi) is 5.96. The molecule has 3 N–H and O–H groups in total. The van der Waals surface area contributed by atoms with Crippen LogP contribution >= 0.6 is 11.6 Å². The minimum absolute atomic E-state index is 0.446. The minimum atomic E-state index is -5.08. The first-order valence-corrected chi connectivity index (χ1v) is 5.91. The summed E-state index contributed by atoms with van der Waals surface area (Å²) >= 11 is 5.66. The Morgan fingerprint density at radius 2 is 2.00 bits per heavy atom. The molecule has 10 heteroatoms. The normalized spacial score (nSPS) is 18.1. The maximum Gasteiger partial charge on any atom is 0.490 e. The van der Waals surface area contributed by atoms with Crippen LogP contribution in [0.25, 0.3) is 0 Å². The molecule has 0 spiro atoms. The van der Waals surface area contributed by atoms with Crippen LogP contribution in [0.4, 0.5) is 19.1 Å². The van der Waals surface area contributed by atoms with Crippen molar-refractivity contribution in [2.45, 2.75) is 18.6 Å². The molecule has 0 amide bonds. The molecule has 2 rings (SSSR count). The van der Waals surface area contributed by atoms with Crippen molar-refractivity contribution in [3.05, 3.63) is 17.4 Å². The molecule has 1 atom stereocenters. The molecule has 0 aromatic carbocycles. The molecular weight excluding hydrogens is 301 g/mol. The number of carboxylic acids is 1. The van der Waals surface area contributed by atoms with Gasteiger partial charge >= 0.3 is 12.1 Å². The molecule has 1 aromatic heterocycles. The number of nitrogens with zero attached hydrogens (tertiary/aromatic N) is 2. The van der Waals surface area contributed by atoms with E-state index in [0.717, 1.165) is 19.5 Å². The molecule has 0 saturated carbocycles. The molecule has 0 bridgehead atoms. The average molecular weight is 313 g/mol. The maximum absolute atomic E-state index is 10.6. The lowest BCUT2D eigenvalue weighted by atomic mass is 10.3. The summed E-state index contributed by atoms with van der Waals surface area (Å²) in [6.45, 7) is 2.04. The van der Waals surface area contributed by atoms with Crippen molar-refractivity contribution < 1.29 is 23.1 Å². The van der Waals surface area contributed by atoms with Crippen molar-refractivity contribution in [1.29, 1.82) is 0 Å². The molecular formula is C10H12ClF3N4O2. The summed E-state index contributed by atoms with van der Waals surface area (Å²) in [6, 6.07) is 0.446. The number of aliphatic carboxylic acids is 1. The van der Waals surface area contributed by atoms with Gasteiger partial charge in [0.25, 0.3) is 0 Å². The van der Waals surface area contributed by atoms with Crippen molar-refractivity contribution in [2.75, 3.05) is 18.4 Å². The SMILES string of the molecule is Clc1cnc(NC2CCNC2)nc1.O=C(O)C(F)(F)F. The lowest BCUT2D eigenvalue weighted by Gasteiger charge is -2.09. The zero-order valence-electron chi connectivity index (χ0n) is 10.1. The number of carbonyl (C=O) groups is 1. The predicted molar refractivity (Wildman–Crippen MR) is 65.6 cm³/mol. The average Bonchev–Trinajstić information content (AvgIpc) is 2.84. The van der Waals surface area contributed by atoms with E-state index in [1.165, 1.54) is 0 Å². The lowest BCUT2D eigenvalue weighted by molar-refractivity contribution is -0.192. The van der Waals surface area contributed by atoms with E-state index < -0.39 is 12.1 Å². The standard InChI is InChI=1S/C8H11ClN4.C2HF3O2/c9-6-3-11-8(12-4-6)13-7-1-2-10-5-7;3-2(4,5)1(6)7/h3-4,7,10H,1-2,5H2,(H,11,12,13);(H,6,7). The molecule has 6 nitrogen and oxygen atoms in total. The van der Waals surface area contributed by atoms with Crippen molar-refractivity contribution in [1.82, 2.24) is 15.3 Å². The molecule has 1 unspecified atom stereocenters. The summed E-state index contributed by atoms with van der Waals surface area (Å²) in [7, 11) is 0. The van der Waals surface area contributed by atoms with Crippen LogP contribution in [0, 0.1) is 0 Å². The number of hydrogen-bond donors (Lipinski definition) is 3. The number of aromatic nitrogens is 2. The van der Waals surface area contributed by atoms with Gasteiger partial charge in [-0.1, -0.05) is 11.6 Å². The van der Waals surface area contributed by atoms with Crippen LogP contribution in [0.2, 0.25) is 5.02 Å². The highest BCUT2D eigenvalue weighted by molar-refractivity contribution is 6.30. The summed E-state index contributed by atoms with van der Waals surface area (Å²) in [5, 5.41) is 14.2. The van der Waals surface area contributed by atoms with Crippen LogP contribution in [-0.2, 0) is 4.79 Å². The smallest absolute Gasteiger partial charge is 0.475 e. The third-order valence-corrected chi connectivity index (χ3v) is 2.45. The van der Waals surface area contributed by atoms with Gasteiger partial charge in [-0.25, -0.2) is 14.8 Å². The van der Waals surface area contributed by atoms with Gasteiger partial charge in [-0.3, -0.25) is 0 Å². The van der Waals surface area contributed by atoms with E-state index in [-0.39, 0.29) is 0 Å². The first kappa shape index (κ1) is 16.4. The van der Waals surface area contributed by atoms with Crippen LogP contribution in [-0.4, -0.2) is 46.4 Å². The molecule has 0 radical (unpaired) electrons. The highest BCUT2D eigenvalue weighted by Crippen LogP contribution is 2.13. The molecule has 112 valence electrons. The van der Waals surface area contributed by atoms with E-state index in [1.54, 1.807) is 12.4 Å². The van der Waals surface area contributed by atoms with Gasteiger partial charge in [0, 0.05) is 12.6 Å². The third-order valence-electron chi connectivity index (χ3n) is 2.26. The van der Waals surface area contributed by atoms with Gasteiger partial charge in [0.2, 0.25) is 5.95 Å². The topological polar surface area (TPSA) is 87.1 Å². The number of alkyl halides is 3. The fourth-order valence-corrected chi connectivity index (χ4v) is 1.44. The van der Waals surface area contributed by atoms with Crippen LogP contribution in [0.15, 0.2) is 12.4 Å². The monoisotopic (exact) mass is 312 g/mol. The first-order valence-electron chi connectivity index (χ1n) is 5.54. The molecule has 1 aliphatic rings. The molecule has 1 saturated heterocycles. The summed E-state index contributed by atoms with van der Waals surface area (Å²) in [4.78, 5) is 17.0. The Labute approximate surface area is 117 Å². The van der Waals surface area contributed by atoms with Crippen LogP contribution < -0.4 is 10.6 Å². The number of halogens is 4. The Bertz CT molecular complexity index is 435. The maximum atomic E-state index is 10.6. The zero-order valence-corrected chi connectivity index (χ0v) is 10.9. The van der Waals surface area contributed by atoms with Crippen LogP contribution in [0.3, 0.4) is 0 Å². The van der Waals surface area contributed by atoms with Gasteiger partial charge < -0.3 is 15.7 Å². The number of hydrogen-bond acceptors (Lipinski definition) is 5. The van der Waals surface area contributed by atoms with Crippen LogP contribution in [0.1, 0.15) is 6.42 Å². The molecule has 20 heavy (non-hydrogen) atoms. The highest BCUT2D eigenvalue weighted by Gasteiger charge is 2.38. The lowest BCUT2D eigenvalue weighted by Crippen LogP contribution is -2.23. The second-order valence-corrected chi connectivity index (χ2v) is 4.30. The summed E-state index contributed by atoms with van der Waals surface area (Å²) < 4.78 is 31.7. The zero-order chi connectivity index (χ0) is 15.2. The predicted octanol–water partition coefficient (Wildman–Crippen LogP) is 1.54. The van der Waals surface area contributed by atoms with Crippen molar-refractivity contribution in [3.63, 3.8) is 0 Å². The molecule has 1 aromatic rings. The van der Waals surface area contributed by atoms with E-state index in [2.05, 4.69) is 20.6 Å². The Hall–Kier alpha value is -1.61. The van der Waals surface area contributed by atoms with E-state index in [0.29, 0.717) is 17.0 Å². The number of rotatable bonds is 2. The molecule has 1 aliphatic heterocycles. The van der Waals surface area contributed by atoms with Crippen molar-refractivity contribution >= 4 is 23.5 Å². The quantitative estimate of drug-likeness (QED) is 0.768. The van der Waals surface area contributed by atoms with E-state index in [4.69, 9.17) is 21.5 Å². The van der Waals surface area contributed by atoms with Gasteiger partial charge in [0.1, 0.15) is 0 Å². The van der Waals surface area contributed by atoms with E-state index in [1.807, 2.05) is 0 Å². The fourth-order valence-electron chi connectivity index (χ4n) is 1.35. The number of anilines is 1. The third kappa shape index (κ3) is 6.02. The highest BCUT2D eigenvalue weighted by atomic mass is 35.5. The summed E-state index contributed by atoms with van der Waals surface area (Å²) in [5.41, 5.74) is 0. The second-order valence-electron chi connectivity index (χ2n) is 3.86. The number of nitrogens with one attached hydrogen (secondary N) is 2. The Morgan fingerprint density at radius 1 is 1.45 bits per heavy atom. The van der Waals surface area contributed by atoms with Crippen molar-refractivity contribution in [3.8, 4) is 0 Å². The molecule has 0 aliphatic carbocycles. The van der Waals surface area contributed by atoms with Gasteiger partial charge in [-0.05, 0) is 13.0 Å². The molecule has 2 heterocycles. The first-order chi connectivity index (χ1) is 9.29. The fraction of sp³-hybridized carbons (Fsp3) is 0.500. The van der Waals surface area contributed by atoms with Gasteiger partial charge in [-0.2, -0.15) is 13.2 Å². The van der Waals surface area contributed by atoms with E-state index in [9.17, 15) is 13.2 Å². The van der Waals surface area contributed by atoms with Crippen molar-refractivity contribution in [2.24, 2.45) is 0 Å². The Morgan fingerprint density at radius 3 is 2.40 bits per heavy atom. The van der Waals surface area contributed by atoms with Gasteiger partial charge in [-0.15, -0.1) is 0 Å². The second kappa shape index (κ2) is 7.25. The number of carboxylic acid groups (broad SMARTS) is 1. The molecule has 1 fully saturated rings. The summed E-state index contributed by atoms with van der Waals surface area (Å²) in [6.07, 6.45) is -0.773. The van der Waals surface area contributed by atoms with E-state index >= 15 is 0 Å². The Balaban J connectivity index is 0.000000246. The van der Waals surface area contributed by atoms with Crippen LogP contribution in [0.5, 0.6) is 0 Å². The summed E-state index contributed by atoms with van der Waals surface area (Å²) in [5.74, 6) is -2.11.